The first-order chi connectivity index (χ1) is 7.91. The van der Waals surface area contributed by atoms with E-state index in [0.717, 1.165) is 12.8 Å². The molecule has 0 atom stereocenters. The quantitative estimate of drug-likeness (QED) is 0.867. The Morgan fingerprint density at radius 2 is 1.71 bits per heavy atom. The number of halogens is 3. The van der Waals surface area contributed by atoms with Gasteiger partial charge >= 0.3 is 6.36 Å². The molecule has 0 unspecified atom stereocenters. The van der Waals surface area contributed by atoms with Gasteiger partial charge in [0.05, 0.1) is 5.60 Å². The molecule has 0 bridgehead atoms. The minimum Gasteiger partial charge on any atom is -0.405 e. The van der Waals surface area contributed by atoms with Gasteiger partial charge in [0, 0.05) is 5.56 Å². The van der Waals surface area contributed by atoms with E-state index in [1.807, 2.05) is 0 Å². The van der Waals surface area contributed by atoms with E-state index in [-0.39, 0.29) is 11.3 Å². The van der Waals surface area contributed by atoms with Crippen LogP contribution in [0.15, 0.2) is 24.3 Å². The van der Waals surface area contributed by atoms with Gasteiger partial charge in [-0.25, -0.2) is 0 Å². The molecule has 1 aliphatic carbocycles. The number of benzene rings is 1. The molecular formula is C12H13F3O2. The van der Waals surface area contributed by atoms with Gasteiger partial charge in [-0.05, 0) is 18.9 Å². The van der Waals surface area contributed by atoms with E-state index in [1.54, 1.807) is 6.07 Å². The molecule has 2 nitrogen and oxygen atoms in total. The molecule has 0 aliphatic heterocycles. The third-order valence-corrected chi connectivity index (χ3v) is 3.04. The predicted molar refractivity (Wildman–Crippen MR) is 55.5 cm³/mol. The summed E-state index contributed by atoms with van der Waals surface area (Å²) in [4.78, 5) is 0. The van der Waals surface area contributed by atoms with Crippen molar-refractivity contribution in [2.24, 2.45) is 0 Å². The molecule has 2 rings (SSSR count). The van der Waals surface area contributed by atoms with Gasteiger partial charge in [0.1, 0.15) is 5.75 Å². The Kier molecular flexibility index (Phi) is 3.03. The molecule has 5 heteroatoms. The Morgan fingerprint density at radius 1 is 1.12 bits per heavy atom. The van der Waals surface area contributed by atoms with Crippen molar-refractivity contribution in [1.82, 2.24) is 0 Å². The number of rotatable bonds is 2. The highest BCUT2D eigenvalue weighted by Gasteiger charge is 2.38. The lowest BCUT2D eigenvalue weighted by atomic mass is 9.91. The molecule has 94 valence electrons. The molecule has 1 aliphatic rings. The van der Waals surface area contributed by atoms with Crippen LogP contribution in [0.5, 0.6) is 5.75 Å². The zero-order valence-electron chi connectivity index (χ0n) is 9.13. The molecule has 0 heterocycles. The predicted octanol–water partition coefficient (Wildman–Crippen LogP) is 3.35. The van der Waals surface area contributed by atoms with Crippen LogP contribution < -0.4 is 4.74 Å². The Morgan fingerprint density at radius 3 is 2.29 bits per heavy atom. The molecule has 1 fully saturated rings. The maximum absolute atomic E-state index is 12.2. The summed E-state index contributed by atoms with van der Waals surface area (Å²) in [7, 11) is 0. The average Bonchev–Trinajstić information content (AvgIpc) is 2.64. The van der Waals surface area contributed by atoms with Crippen LogP contribution in [0.3, 0.4) is 0 Å². The highest BCUT2D eigenvalue weighted by Crippen LogP contribution is 2.43. The highest BCUT2D eigenvalue weighted by atomic mass is 19.4. The lowest BCUT2D eigenvalue weighted by molar-refractivity contribution is -0.275. The Hall–Kier alpha value is -1.23. The van der Waals surface area contributed by atoms with Gasteiger partial charge < -0.3 is 9.84 Å². The fourth-order valence-electron chi connectivity index (χ4n) is 2.29. The SMILES string of the molecule is OC1(c2ccccc2OC(F)(F)F)CCCC1. The maximum atomic E-state index is 12.2. The first kappa shape index (κ1) is 12.2. The fourth-order valence-corrected chi connectivity index (χ4v) is 2.29. The van der Waals surface area contributed by atoms with Crippen molar-refractivity contribution >= 4 is 0 Å². The van der Waals surface area contributed by atoms with Crippen molar-refractivity contribution in [2.45, 2.75) is 37.6 Å². The minimum absolute atomic E-state index is 0.231. The van der Waals surface area contributed by atoms with Crippen LogP contribution in [0.1, 0.15) is 31.2 Å². The normalized spacial score (nSPS) is 19.3. The number of aliphatic hydroxyl groups is 1. The molecule has 1 aromatic rings. The highest BCUT2D eigenvalue weighted by molar-refractivity contribution is 5.38. The van der Waals surface area contributed by atoms with Gasteiger partial charge in [0.2, 0.25) is 0 Å². The summed E-state index contributed by atoms with van der Waals surface area (Å²) in [6.07, 6.45) is -2.14. The van der Waals surface area contributed by atoms with Crippen molar-refractivity contribution < 1.29 is 23.0 Å². The second-order valence-electron chi connectivity index (χ2n) is 4.28. The van der Waals surface area contributed by atoms with Gasteiger partial charge in [0.15, 0.2) is 0 Å². The van der Waals surface area contributed by atoms with E-state index in [2.05, 4.69) is 4.74 Å². The van der Waals surface area contributed by atoms with Crippen LogP contribution in [-0.4, -0.2) is 11.5 Å². The van der Waals surface area contributed by atoms with Crippen molar-refractivity contribution in [1.29, 1.82) is 0 Å². The van der Waals surface area contributed by atoms with Crippen LogP contribution in [0.25, 0.3) is 0 Å². The zero-order valence-corrected chi connectivity index (χ0v) is 9.13. The lowest BCUT2D eigenvalue weighted by Crippen LogP contribution is -2.25. The second-order valence-corrected chi connectivity index (χ2v) is 4.28. The molecule has 1 aromatic carbocycles. The van der Waals surface area contributed by atoms with Gasteiger partial charge in [-0.3, -0.25) is 0 Å². The third-order valence-electron chi connectivity index (χ3n) is 3.04. The van der Waals surface area contributed by atoms with E-state index >= 15 is 0 Å². The topological polar surface area (TPSA) is 29.5 Å². The van der Waals surface area contributed by atoms with Gasteiger partial charge in [-0.1, -0.05) is 31.0 Å². The number of hydrogen-bond donors (Lipinski definition) is 1. The summed E-state index contributed by atoms with van der Waals surface area (Å²) in [5.41, 5.74) is -0.947. The summed E-state index contributed by atoms with van der Waals surface area (Å²) < 4.78 is 40.6. The molecule has 17 heavy (non-hydrogen) atoms. The van der Waals surface area contributed by atoms with Crippen molar-refractivity contribution in [3.05, 3.63) is 29.8 Å². The Labute approximate surface area is 97.0 Å². The maximum Gasteiger partial charge on any atom is 0.573 e. The van der Waals surface area contributed by atoms with E-state index in [9.17, 15) is 18.3 Å². The minimum atomic E-state index is -4.73. The number of alkyl halides is 3. The molecule has 1 saturated carbocycles. The standard InChI is InChI=1S/C12H13F3O2/c13-12(14,15)17-10-6-2-1-5-9(10)11(16)7-3-4-8-11/h1-2,5-6,16H,3-4,7-8H2. The number of para-hydroxylation sites is 1. The first-order valence-corrected chi connectivity index (χ1v) is 5.48. The van der Waals surface area contributed by atoms with Crippen molar-refractivity contribution in [3.8, 4) is 5.75 Å². The fraction of sp³-hybridized carbons (Fsp3) is 0.500. The summed E-state index contributed by atoms with van der Waals surface area (Å²) >= 11 is 0. The molecule has 0 saturated heterocycles. The van der Waals surface area contributed by atoms with Crippen LogP contribution >= 0.6 is 0 Å². The van der Waals surface area contributed by atoms with E-state index < -0.39 is 12.0 Å². The molecule has 1 N–H and O–H groups in total. The van der Waals surface area contributed by atoms with Crippen LogP contribution in [-0.2, 0) is 5.60 Å². The molecular weight excluding hydrogens is 233 g/mol. The summed E-state index contributed by atoms with van der Waals surface area (Å²) in [5, 5.41) is 10.3. The van der Waals surface area contributed by atoms with Crippen molar-refractivity contribution in [2.75, 3.05) is 0 Å². The largest absolute Gasteiger partial charge is 0.573 e. The van der Waals surface area contributed by atoms with Crippen LogP contribution in [0.4, 0.5) is 13.2 Å². The average molecular weight is 246 g/mol. The Bertz CT molecular complexity index is 395. The zero-order chi connectivity index (χ0) is 12.5. The third kappa shape index (κ3) is 2.72. The number of hydrogen-bond acceptors (Lipinski definition) is 2. The second kappa shape index (κ2) is 4.22. The summed E-state index contributed by atoms with van der Waals surface area (Å²) in [6.45, 7) is 0. The lowest BCUT2D eigenvalue weighted by Gasteiger charge is -2.25. The van der Waals surface area contributed by atoms with Gasteiger partial charge in [0.25, 0.3) is 0 Å². The first-order valence-electron chi connectivity index (χ1n) is 5.48. The smallest absolute Gasteiger partial charge is 0.405 e. The van der Waals surface area contributed by atoms with Gasteiger partial charge in [-0.15, -0.1) is 13.2 Å². The Balaban J connectivity index is 2.33. The summed E-state index contributed by atoms with van der Waals surface area (Å²) in [6, 6.07) is 5.79. The molecule has 0 aromatic heterocycles. The van der Waals surface area contributed by atoms with Gasteiger partial charge in [-0.2, -0.15) is 0 Å². The molecule has 0 amide bonds. The summed E-state index contributed by atoms with van der Waals surface area (Å²) in [5.74, 6) is -0.301. The van der Waals surface area contributed by atoms with Crippen LogP contribution in [0.2, 0.25) is 0 Å². The van der Waals surface area contributed by atoms with E-state index in [4.69, 9.17) is 0 Å². The molecule has 0 spiro atoms. The van der Waals surface area contributed by atoms with Crippen molar-refractivity contribution in [3.63, 3.8) is 0 Å². The number of ether oxygens (including phenoxy) is 1. The van der Waals surface area contributed by atoms with E-state index in [1.165, 1.54) is 18.2 Å². The van der Waals surface area contributed by atoms with Crippen LogP contribution in [0, 0.1) is 0 Å². The van der Waals surface area contributed by atoms with E-state index in [0.29, 0.717) is 12.8 Å². The monoisotopic (exact) mass is 246 g/mol. The molecule has 0 radical (unpaired) electrons.